The maximum Gasteiger partial charge on any atom is 0.233 e. The zero-order valence-electron chi connectivity index (χ0n) is 12.3. The Hall–Kier alpha value is -0.510. The Morgan fingerprint density at radius 1 is 1.15 bits per heavy atom. The molecular weight excluding hydrogens is 270 g/mol. The Labute approximate surface area is 126 Å². The van der Waals surface area contributed by atoms with Crippen molar-refractivity contribution >= 4 is 24.4 Å². The van der Waals surface area contributed by atoms with Gasteiger partial charge in [-0.05, 0) is 42.8 Å². The van der Waals surface area contributed by atoms with Crippen molar-refractivity contribution in [2.45, 2.75) is 51.9 Å². The molecule has 0 aromatic heterocycles. The number of nitrogens with zero attached hydrogens (tertiary/aromatic N) is 1. The molecule has 0 spiro atoms. The number of carbonyl (C=O) groups is 2. The zero-order valence-corrected chi connectivity index (χ0v) is 13.2. The molecule has 3 rings (SSSR count). The molecular formula is C16H25NO2S. The standard InChI is InChI=1S/C16H25NO2S/c1-2-11-7-12-13(8-11)15(19)17(14(12)18)9-16(10-20)5-3-4-6-16/h11-13,20H,2-10H2,1H3. The van der Waals surface area contributed by atoms with Crippen LogP contribution in [0.4, 0.5) is 0 Å². The highest BCUT2D eigenvalue weighted by Gasteiger charge is 2.53. The van der Waals surface area contributed by atoms with Gasteiger partial charge in [0.15, 0.2) is 0 Å². The van der Waals surface area contributed by atoms with Crippen LogP contribution in [0.25, 0.3) is 0 Å². The van der Waals surface area contributed by atoms with Crippen LogP contribution in [0, 0.1) is 23.2 Å². The van der Waals surface area contributed by atoms with Crippen LogP contribution >= 0.6 is 12.6 Å². The molecule has 1 heterocycles. The average Bonchev–Trinajstić information content (AvgIpc) is 3.14. The first kappa shape index (κ1) is 14.4. The number of hydrogen-bond donors (Lipinski definition) is 1. The molecule has 3 fully saturated rings. The molecule has 0 radical (unpaired) electrons. The van der Waals surface area contributed by atoms with Gasteiger partial charge in [0, 0.05) is 6.54 Å². The number of carbonyl (C=O) groups excluding carboxylic acids is 2. The van der Waals surface area contributed by atoms with Crippen molar-refractivity contribution in [3.05, 3.63) is 0 Å². The summed E-state index contributed by atoms with van der Waals surface area (Å²) >= 11 is 4.50. The molecule has 2 amide bonds. The predicted octanol–water partition coefficient (Wildman–Crippen LogP) is 2.90. The lowest BCUT2D eigenvalue weighted by Crippen LogP contribution is -2.42. The van der Waals surface area contributed by atoms with Crippen LogP contribution in [-0.2, 0) is 9.59 Å². The zero-order chi connectivity index (χ0) is 14.3. The van der Waals surface area contributed by atoms with Crippen molar-refractivity contribution in [1.82, 2.24) is 4.90 Å². The van der Waals surface area contributed by atoms with E-state index in [0.29, 0.717) is 12.5 Å². The second-order valence-electron chi connectivity index (χ2n) is 7.09. The van der Waals surface area contributed by atoms with Crippen LogP contribution in [0.5, 0.6) is 0 Å². The summed E-state index contributed by atoms with van der Waals surface area (Å²) in [6, 6.07) is 0. The summed E-state index contributed by atoms with van der Waals surface area (Å²) in [5, 5.41) is 0. The first-order valence-corrected chi connectivity index (χ1v) is 8.69. The van der Waals surface area contributed by atoms with Gasteiger partial charge in [-0.1, -0.05) is 26.2 Å². The van der Waals surface area contributed by atoms with Crippen molar-refractivity contribution in [2.75, 3.05) is 12.3 Å². The Morgan fingerprint density at radius 2 is 1.70 bits per heavy atom. The monoisotopic (exact) mass is 295 g/mol. The number of likely N-dealkylation sites (tertiary alicyclic amines) is 1. The second-order valence-corrected chi connectivity index (χ2v) is 7.40. The van der Waals surface area contributed by atoms with Crippen LogP contribution in [0.15, 0.2) is 0 Å². The van der Waals surface area contributed by atoms with Gasteiger partial charge in [-0.3, -0.25) is 14.5 Å². The van der Waals surface area contributed by atoms with Crippen molar-refractivity contribution in [2.24, 2.45) is 23.2 Å². The summed E-state index contributed by atoms with van der Waals surface area (Å²) in [6.07, 6.45) is 7.59. The van der Waals surface area contributed by atoms with Gasteiger partial charge in [-0.15, -0.1) is 0 Å². The van der Waals surface area contributed by atoms with Gasteiger partial charge in [-0.25, -0.2) is 0 Å². The van der Waals surface area contributed by atoms with Crippen molar-refractivity contribution in [1.29, 1.82) is 0 Å². The van der Waals surface area contributed by atoms with Gasteiger partial charge in [0.2, 0.25) is 11.8 Å². The topological polar surface area (TPSA) is 37.4 Å². The summed E-state index contributed by atoms with van der Waals surface area (Å²) in [4.78, 5) is 26.8. The molecule has 20 heavy (non-hydrogen) atoms. The minimum atomic E-state index is -0.00850. The maximum atomic E-state index is 12.6. The number of imide groups is 1. The lowest BCUT2D eigenvalue weighted by molar-refractivity contribution is -0.142. The minimum Gasteiger partial charge on any atom is -0.282 e. The molecule has 3 aliphatic rings. The largest absolute Gasteiger partial charge is 0.282 e. The third kappa shape index (κ3) is 2.20. The second kappa shape index (κ2) is 5.36. The average molecular weight is 295 g/mol. The Balaban J connectivity index is 1.73. The molecule has 3 nitrogen and oxygen atoms in total. The summed E-state index contributed by atoms with van der Waals surface area (Å²) in [5.41, 5.74) is 0.0945. The van der Waals surface area contributed by atoms with Crippen LogP contribution < -0.4 is 0 Å². The molecule has 2 saturated carbocycles. The van der Waals surface area contributed by atoms with E-state index in [1.165, 1.54) is 12.8 Å². The number of hydrogen-bond acceptors (Lipinski definition) is 3. The molecule has 112 valence electrons. The first-order chi connectivity index (χ1) is 9.60. The fraction of sp³-hybridized carbons (Fsp3) is 0.875. The lowest BCUT2D eigenvalue weighted by Gasteiger charge is -2.31. The van der Waals surface area contributed by atoms with Gasteiger partial charge in [-0.2, -0.15) is 12.6 Å². The Kier molecular flexibility index (Phi) is 3.87. The molecule has 1 aliphatic heterocycles. The van der Waals surface area contributed by atoms with Gasteiger partial charge in [0.05, 0.1) is 11.8 Å². The summed E-state index contributed by atoms with van der Waals surface area (Å²) < 4.78 is 0. The smallest absolute Gasteiger partial charge is 0.233 e. The minimum absolute atomic E-state index is 0.00850. The molecule has 2 aliphatic carbocycles. The quantitative estimate of drug-likeness (QED) is 0.639. The van der Waals surface area contributed by atoms with E-state index in [0.717, 1.165) is 37.9 Å². The fourth-order valence-corrected chi connectivity index (χ4v) is 4.93. The number of fused-ring (bicyclic) bond motifs is 1. The van der Waals surface area contributed by atoms with E-state index in [9.17, 15) is 9.59 Å². The number of rotatable bonds is 4. The molecule has 0 N–H and O–H groups in total. The highest BCUT2D eigenvalue weighted by molar-refractivity contribution is 7.80. The van der Waals surface area contributed by atoms with E-state index in [4.69, 9.17) is 0 Å². The van der Waals surface area contributed by atoms with Gasteiger partial charge < -0.3 is 0 Å². The molecule has 1 saturated heterocycles. The SMILES string of the molecule is CCC1CC2C(=O)N(CC3(CS)CCCC3)C(=O)C2C1. The van der Waals surface area contributed by atoms with Crippen LogP contribution in [-0.4, -0.2) is 29.0 Å². The van der Waals surface area contributed by atoms with Crippen molar-refractivity contribution < 1.29 is 9.59 Å². The highest BCUT2D eigenvalue weighted by Crippen LogP contribution is 2.47. The van der Waals surface area contributed by atoms with E-state index in [1.807, 2.05) is 0 Å². The van der Waals surface area contributed by atoms with E-state index < -0.39 is 0 Å². The molecule has 4 heteroatoms. The van der Waals surface area contributed by atoms with E-state index >= 15 is 0 Å². The molecule has 0 aromatic rings. The van der Waals surface area contributed by atoms with Crippen LogP contribution in [0.3, 0.4) is 0 Å². The van der Waals surface area contributed by atoms with Gasteiger partial charge in [0.25, 0.3) is 0 Å². The number of amides is 2. The summed E-state index contributed by atoms with van der Waals surface area (Å²) in [6.45, 7) is 2.78. The highest BCUT2D eigenvalue weighted by atomic mass is 32.1. The van der Waals surface area contributed by atoms with Crippen molar-refractivity contribution in [3.8, 4) is 0 Å². The van der Waals surface area contributed by atoms with E-state index in [2.05, 4.69) is 19.6 Å². The third-order valence-corrected chi connectivity index (χ3v) is 6.57. The first-order valence-electron chi connectivity index (χ1n) is 8.06. The van der Waals surface area contributed by atoms with Gasteiger partial charge >= 0.3 is 0 Å². The predicted molar refractivity (Wildman–Crippen MR) is 81.5 cm³/mol. The van der Waals surface area contributed by atoms with E-state index in [-0.39, 0.29) is 29.1 Å². The fourth-order valence-electron chi connectivity index (χ4n) is 4.51. The summed E-state index contributed by atoms with van der Waals surface area (Å²) in [7, 11) is 0. The lowest BCUT2D eigenvalue weighted by atomic mass is 9.87. The Morgan fingerprint density at radius 3 is 2.15 bits per heavy atom. The van der Waals surface area contributed by atoms with Crippen LogP contribution in [0.1, 0.15) is 51.9 Å². The molecule has 0 bridgehead atoms. The molecule has 2 atom stereocenters. The van der Waals surface area contributed by atoms with Gasteiger partial charge in [0.1, 0.15) is 0 Å². The number of thiol groups is 1. The maximum absolute atomic E-state index is 12.6. The summed E-state index contributed by atoms with van der Waals surface area (Å²) in [5.74, 6) is 1.58. The van der Waals surface area contributed by atoms with Crippen molar-refractivity contribution in [3.63, 3.8) is 0 Å². The van der Waals surface area contributed by atoms with E-state index in [1.54, 1.807) is 4.90 Å². The molecule has 2 unspecified atom stereocenters. The Bertz CT molecular complexity index is 393. The third-order valence-electron chi connectivity index (χ3n) is 5.90. The normalized spacial score (nSPS) is 35.9. The molecule has 0 aromatic carbocycles. The van der Waals surface area contributed by atoms with Crippen LogP contribution in [0.2, 0.25) is 0 Å².